The van der Waals surface area contributed by atoms with Crippen LogP contribution in [0.25, 0.3) is 0 Å². The van der Waals surface area contributed by atoms with Crippen LogP contribution in [-0.4, -0.2) is 5.91 Å². The molecular formula is C8H10BrNO. The molecule has 1 amide bonds. The molecule has 0 radical (unpaired) electrons. The number of hydrogen-bond donors (Lipinski definition) is 1. The molecule has 0 aromatic rings. The zero-order valence-electron chi connectivity index (χ0n) is 6.30. The van der Waals surface area contributed by atoms with Gasteiger partial charge in [0.25, 0.3) is 0 Å². The Labute approximate surface area is 74.6 Å². The highest BCUT2D eigenvalue weighted by Crippen LogP contribution is 2.05. The summed E-state index contributed by atoms with van der Waals surface area (Å²) in [5.74, 6) is -0.411. The average Bonchev–Trinajstić information content (AvgIpc) is 1.99. The van der Waals surface area contributed by atoms with E-state index in [1.54, 1.807) is 25.2 Å². The summed E-state index contributed by atoms with van der Waals surface area (Å²) in [6.45, 7) is 5.18. The summed E-state index contributed by atoms with van der Waals surface area (Å²) in [6.07, 6.45) is 4.98. The van der Waals surface area contributed by atoms with Crippen LogP contribution < -0.4 is 5.73 Å². The van der Waals surface area contributed by atoms with Gasteiger partial charge in [-0.05, 0) is 13.0 Å². The molecule has 2 N–H and O–H groups in total. The Hall–Kier alpha value is -0.830. The number of halogens is 1. The second kappa shape index (κ2) is 4.91. The van der Waals surface area contributed by atoms with E-state index in [2.05, 4.69) is 22.5 Å². The first-order valence-electron chi connectivity index (χ1n) is 3.04. The van der Waals surface area contributed by atoms with Crippen LogP contribution in [0.15, 0.2) is 34.9 Å². The fourth-order valence-electron chi connectivity index (χ4n) is 0.355. The van der Waals surface area contributed by atoms with Crippen molar-refractivity contribution in [3.05, 3.63) is 34.9 Å². The van der Waals surface area contributed by atoms with Crippen LogP contribution in [-0.2, 0) is 4.79 Å². The maximum absolute atomic E-state index is 10.5. The molecule has 11 heavy (non-hydrogen) atoms. The average molecular weight is 216 g/mol. The van der Waals surface area contributed by atoms with Crippen molar-refractivity contribution in [2.45, 2.75) is 6.92 Å². The molecule has 60 valence electrons. The number of allylic oxidation sites excluding steroid dienone is 4. The summed E-state index contributed by atoms with van der Waals surface area (Å²) in [5.41, 5.74) is 5.50. The zero-order valence-corrected chi connectivity index (χ0v) is 7.89. The largest absolute Gasteiger partial charge is 0.366 e. The van der Waals surface area contributed by atoms with Crippen LogP contribution in [0.1, 0.15) is 6.92 Å². The number of carbonyl (C=O) groups excluding carboxylic acids is 1. The van der Waals surface area contributed by atoms with Gasteiger partial charge in [0.1, 0.15) is 0 Å². The van der Waals surface area contributed by atoms with Gasteiger partial charge in [-0.25, -0.2) is 0 Å². The van der Waals surface area contributed by atoms with Gasteiger partial charge in [-0.3, -0.25) is 4.79 Å². The van der Waals surface area contributed by atoms with Crippen molar-refractivity contribution in [1.29, 1.82) is 0 Å². The fourth-order valence-corrected chi connectivity index (χ4v) is 0.487. The van der Waals surface area contributed by atoms with Crippen LogP contribution in [0, 0.1) is 0 Å². The second-order valence-electron chi connectivity index (χ2n) is 1.97. The number of nitrogens with two attached hydrogens (primary N) is 1. The van der Waals surface area contributed by atoms with E-state index in [-0.39, 0.29) is 0 Å². The second-order valence-corrected chi connectivity index (χ2v) is 2.89. The van der Waals surface area contributed by atoms with Crippen molar-refractivity contribution in [3.63, 3.8) is 0 Å². The van der Waals surface area contributed by atoms with Gasteiger partial charge in [-0.1, -0.05) is 34.7 Å². The van der Waals surface area contributed by atoms with E-state index in [1.165, 1.54) is 0 Å². The fraction of sp³-hybridized carbons (Fsp3) is 0.125. The van der Waals surface area contributed by atoms with Crippen molar-refractivity contribution in [2.24, 2.45) is 5.73 Å². The molecule has 0 spiro atoms. The molecule has 0 aromatic heterocycles. The molecule has 0 unspecified atom stereocenters. The zero-order chi connectivity index (χ0) is 8.85. The topological polar surface area (TPSA) is 43.1 Å². The highest BCUT2D eigenvalue weighted by Gasteiger charge is 1.92. The number of rotatable bonds is 3. The van der Waals surface area contributed by atoms with Crippen LogP contribution in [0.3, 0.4) is 0 Å². The standard InChI is InChI=1S/C8H10BrNO/c1-3-7(9)5-4-6(2)8(10)11/h3-5H,1H2,2H3,(H2,10,11)/b6-4+,7-5+. The van der Waals surface area contributed by atoms with Gasteiger partial charge in [0.2, 0.25) is 5.91 Å². The monoisotopic (exact) mass is 215 g/mol. The molecule has 0 saturated heterocycles. The minimum Gasteiger partial charge on any atom is -0.366 e. The van der Waals surface area contributed by atoms with Gasteiger partial charge in [-0.15, -0.1) is 0 Å². The lowest BCUT2D eigenvalue weighted by molar-refractivity contribution is -0.114. The molecule has 0 heterocycles. The van der Waals surface area contributed by atoms with Crippen LogP contribution >= 0.6 is 15.9 Å². The highest BCUT2D eigenvalue weighted by molar-refractivity contribution is 9.11. The van der Waals surface area contributed by atoms with Crippen molar-refractivity contribution in [3.8, 4) is 0 Å². The third-order valence-electron chi connectivity index (χ3n) is 1.08. The van der Waals surface area contributed by atoms with E-state index in [0.717, 1.165) is 4.48 Å². The van der Waals surface area contributed by atoms with Crippen molar-refractivity contribution in [1.82, 2.24) is 0 Å². The molecular weight excluding hydrogens is 206 g/mol. The maximum Gasteiger partial charge on any atom is 0.244 e. The van der Waals surface area contributed by atoms with E-state index >= 15 is 0 Å². The molecule has 0 saturated carbocycles. The summed E-state index contributed by atoms with van der Waals surface area (Å²) in [6, 6.07) is 0. The normalized spacial score (nSPS) is 12.9. The van der Waals surface area contributed by atoms with Gasteiger partial charge in [-0.2, -0.15) is 0 Å². The summed E-state index contributed by atoms with van der Waals surface area (Å²) in [7, 11) is 0. The number of carbonyl (C=O) groups is 1. The van der Waals surface area contributed by atoms with Gasteiger partial charge in [0, 0.05) is 10.1 Å². The van der Waals surface area contributed by atoms with Crippen molar-refractivity contribution >= 4 is 21.8 Å². The smallest absolute Gasteiger partial charge is 0.244 e. The Morgan fingerprint density at radius 2 is 2.09 bits per heavy atom. The Morgan fingerprint density at radius 3 is 2.45 bits per heavy atom. The molecule has 0 rings (SSSR count). The van der Waals surface area contributed by atoms with E-state index in [9.17, 15) is 4.79 Å². The Morgan fingerprint density at radius 1 is 1.55 bits per heavy atom. The van der Waals surface area contributed by atoms with Crippen LogP contribution in [0.4, 0.5) is 0 Å². The molecule has 0 aliphatic rings. The summed E-state index contributed by atoms with van der Waals surface area (Å²) in [4.78, 5) is 10.5. The molecule has 0 atom stereocenters. The van der Waals surface area contributed by atoms with Gasteiger partial charge in [0.05, 0.1) is 0 Å². The van der Waals surface area contributed by atoms with Crippen LogP contribution in [0.2, 0.25) is 0 Å². The minimum atomic E-state index is -0.411. The third kappa shape index (κ3) is 4.56. The molecule has 3 heteroatoms. The lowest BCUT2D eigenvalue weighted by atomic mass is 10.2. The van der Waals surface area contributed by atoms with Gasteiger partial charge < -0.3 is 5.73 Å². The first-order chi connectivity index (χ1) is 5.07. The van der Waals surface area contributed by atoms with E-state index in [0.29, 0.717) is 5.57 Å². The SMILES string of the molecule is C=C/C(Br)=C\C=C(/C)C(N)=O. The Kier molecular flexibility index (Phi) is 4.54. The van der Waals surface area contributed by atoms with E-state index in [1.807, 2.05) is 0 Å². The first kappa shape index (κ1) is 10.2. The molecule has 0 aromatic carbocycles. The lowest BCUT2D eigenvalue weighted by Gasteiger charge is -1.89. The molecule has 0 aliphatic carbocycles. The number of primary amides is 1. The van der Waals surface area contributed by atoms with Crippen molar-refractivity contribution in [2.75, 3.05) is 0 Å². The lowest BCUT2D eigenvalue weighted by Crippen LogP contribution is -2.11. The number of amides is 1. The number of hydrogen-bond acceptors (Lipinski definition) is 1. The molecule has 0 aliphatic heterocycles. The van der Waals surface area contributed by atoms with Gasteiger partial charge >= 0.3 is 0 Å². The Bertz CT molecular complexity index is 228. The Balaban J connectivity index is 4.34. The van der Waals surface area contributed by atoms with Crippen molar-refractivity contribution < 1.29 is 4.79 Å². The van der Waals surface area contributed by atoms with Crippen LogP contribution in [0.5, 0.6) is 0 Å². The third-order valence-corrected chi connectivity index (χ3v) is 1.66. The summed E-state index contributed by atoms with van der Waals surface area (Å²) >= 11 is 3.20. The molecule has 0 bridgehead atoms. The van der Waals surface area contributed by atoms with E-state index < -0.39 is 5.91 Å². The predicted molar refractivity (Wildman–Crippen MR) is 50.2 cm³/mol. The minimum absolute atomic E-state index is 0.411. The first-order valence-corrected chi connectivity index (χ1v) is 3.83. The van der Waals surface area contributed by atoms with Gasteiger partial charge in [0.15, 0.2) is 0 Å². The highest BCUT2D eigenvalue weighted by atomic mass is 79.9. The maximum atomic E-state index is 10.5. The molecule has 2 nitrogen and oxygen atoms in total. The predicted octanol–water partition coefficient (Wildman–Crippen LogP) is 1.88. The summed E-state index contributed by atoms with van der Waals surface area (Å²) < 4.78 is 0.818. The summed E-state index contributed by atoms with van der Waals surface area (Å²) in [5, 5.41) is 0. The van der Waals surface area contributed by atoms with E-state index in [4.69, 9.17) is 5.73 Å². The molecule has 0 fully saturated rings. The quantitative estimate of drug-likeness (QED) is 0.568.